The van der Waals surface area contributed by atoms with Gasteiger partial charge < -0.3 is 5.73 Å². The number of hydrogen-bond acceptors (Lipinski definition) is 1. The normalized spacial score (nSPS) is 11.3. The number of rotatable bonds is 2. The first kappa shape index (κ1) is 15.2. The second-order valence-electron chi connectivity index (χ2n) is 3.98. The van der Waals surface area contributed by atoms with Crippen molar-refractivity contribution in [3.63, 3.8) is 0 Å². The van der Waals surface area contributed by atoms with Gasteiger partial charge >= 0.3 is 0 Å². The minimum absolute atomic E-state index is 0.395. The van der Waals surface area contributed by atoms with Crippen molar-refractivity contribution in [3.05, 3.63) is 59.7 Å². The molecule has 19 heavy (non-hydrogen) atoms. The van der Waals surface area contributed by atoms with E-state index in [2.05, 4.69) is 47.8 Å². The van der Waals surface area contributed by atoms with Gasteiger partial charge in [0.25, 0.3) is 0 Å². The van der Waals surface area contributed by atoms with Gasteiger partial charge in [0, 0.05) is 5.56 Å². The molecule has 0 aliphatic carbocycles. The Bertz CT molecular complexity index is 603. The third kappa shape index (κ3) is 3.66. The second-order valence-corrected chi connectivity index (χ2v) is 11.2. The van der Waals surface area contributed by atoms with E-state index in [4.69, 9.17) is 18.0 Å². The van der Waals surface area contributed by atoms with Crippen LogP contribution in [0.25, 0.3) is 11.1 Å². The van der Waals surface area contributed by atoms with Crippen molar-refractivity contribution < 1.29 is 0 Å². The molecule has 0 aromatic heterocycles. The van der Waals surface area contributed by atoms with E-state index in [1.54, 1.807) is 0 Å². The van der Waals surface area contributed by atoms with Crippen LogP contribution in [0.4, 0.5) is 0 Å². The van der Waals surface area contributed by atoms with Crippen LogP contribution in [-0.2, 0) is 2.14 Å². The number of thiocarbonyl (C=S) groups is 1. The van der Waals surface area contributed by atoms with Gasteiger partial charge in [0.1, 0.15) is 4.99 Å². The van der Waals surface area contributed by atoms with Crippen LogP contribution in [0.2, 0.25) is 0 Å². The molecule has 0 fully saturated rings. The van der Waals surface area contributed by atoms with Crippen LogP contribution >= 0.6 is 60.0 Å². The summed E-state index contributed by atoms with van der Waals surface area (Å²) < 4.78 is -0.395. The van der Waals surface area contributed by atoms with E-state index < -0.39 is 2.14 Å². The molecule has 0 spiro atoms. The molecule has 1 nitrogen and oxygen atoms in total. The summed E-state index contributed by atoms with van der Waals surface area (Å²) >= 11 is 15.6. The Morgan fingerprint density at radius 1 is 0.947 bits per heavy atom. The molecule has 0 amide bonds. The van der Waals surface area contributed by atoms with Crippen LogP contribution in [-0.4, -0.2) is 4.99 Å². The lowest BCUT2D eigenvalue weighted by Gasteiger charge is -2.14. The highest BCUT2D eigenvalue weighted by Crippen LogP contribution is 2.44. The van der Waals surface area contributed by atoms with Gasteiger partial charge in [-0.15, -0.1) is 0 Å². The molecule has 0 aliphatic heterocycles. The summed E-state index contributed by atoms with van der Waals surface area (Å²) in [4.78, 5) is 0.412. The average Bonchev–Trinajstić information content (AvgIpc) is 2.38. The molecule has 5 heteroatoms. The van der Waals surface area contributed by atoms with Crippen molar-refractivity contribution >= 4 is 65.0 Å². The van der Waals surface area contributed by atoms with E-state index >= 15 is 0 Å². The molecule has 0 atom stereocenters. The highest BCUT2D eigenvalue weighted by Gasteiger charge is 2.20. The first-order valence-electron chi connectivity index (χ1n) is 5.46. The number of alkyl halides is 3. The fourth-order valence-electron chi connectivity index (χ4n) is 1.79. The Morgan fingerprint density at radius 2 is 1.53 bits per heavy atom. The van der Waals surface area contributed by atoms with Crippen LogP contribution in [0.1, 0.15) is 11.1 Å². The molecule has 0 heterocycles. The Balaban J connectivity index is 2.46. The predicted molar refractivity (Wildman–Crippen MR) is 96.2 cm³/mol. The Kier molecular flexibility index (Phi) is 4.82. The zero-order valence-corrected chi connectivity index (χ0v) is 15.3. The van der Waals surface area contributed by atoms with E-state index in [1.807, 2.05) is 48.5 Å². The van der Waals surface area contributed by atoms with Crippen molar-refractivity contribution in [1.82, 2.24) is 0 Å². The lowest BCUT2D eigenvalue weighted by Crippen LogP contribution is -2.10. The van der Waals surface area contributed by atoms with Gasteiger partial charge in [0.2, 0.25) is 0 Å². The smallest absolute Gasteiger partial charge is 0.159 e. The van der Waals surface area contributed by atoms with E-state index in [0.29, 0.717) is 4.99 Å². The minimum atomic E-state index is -0.395. The maximum Gasteiger partial charge on any atom is 0.159 e. The summed E-state index contributed by atoms with van der Waals surface area (Å²) in [6.45, 7) is 0. The Hall–Kier alpha value is -0.230. The summed E-state index contributed by atoms with van der Waals surface area (Å²) in [5.74, 6) is 0. The molecule has 2 N–H and O–H groups in total. The topological polar surface area (TPSA) is 26.0 Å². The molecular formula is C14H10Br3NS. The first-order valence-corrected chi connectivity index (χ1v) is 8.25. The van der Waals surface area contributed by atoms with Crippen molar-refractivity contribution in [1.29, 1.82) is 0 Å². The third-order valence-electron chi connectivity index (χ3n) is 2.72. The molecule has 98 valence electrons. The van der Waals surface area contributed by atoms with E-state index in [-0.39, 0.29) is 0 Å². The molecule has 2 aromatic rings. The molecule has 0 saturated carbocycles. The third-order valence-corrected chi connectivity index (χ3v) is 4.31. The van der Waals surface area contributed by atoms with Gasteiger partial charge in [-0.1, -0.05) is 109 Å². The second kappa shape index (κ2) is 6.04. The molecule has 0 radical (unpaired) electrons. The van der Waals surface area contributed by atoms with Crippen LogP contribution < -0.4 is 5.73 Å². The van der Waals surface area contributed by atoms with Gasteiger partial charge in [0.05, 0.1) is 0 Å². The van der Waals surface area contributed by atoms with Crippen molar-refractivity contribution in [2.24, 2.45) is 5.73 Å². The first-order chi connectivity index (χ1) is 8.89. The maximum absolute atomic E-state index is 5.76. The Morgan fingerprint density at radius 3 is 2.05 bits per heavy atom. The van der Waals surface area contributed by atoms with E-state index in [1.165, 1.54) is 0 Å². The highest BCUT2D eigenvalue weighted by atomic mass is 80.0. The van der Waals surface area contributed by atoms with Gasteiger partial charge in [-0.3, -0.25) is 0 Å². The summed E-state index contributed by atoms with van der Waals surface area (Å²) in [5, 5.41) is 0. The van der Waals surface area contributed by atoms with Crippen LogP contribution in [0, 0.1) is 0 Å². The number of hydrogen-bond donors (Lipinski definition) is 1. The van der Waals surface area contributed by atoms with Crippen molar-refractivity contribution in [2.45, 2.75) is 2.14 Å². The zero-order chi connectivity index (χ0) is 14.0. The number of nitrogens with two attached hydrogens (primary N) is 1. The SMILES string of the molecule is NC(=S)c1ccccc1-c1ccc(C(Br)(Br)Br)cc1. The lowest BCUT2D eigenvalue weighted by molar-refractivity contribution is 1.37. The van der Waals surface area contributed by atoms with Gasteiger partial charge in [-0.25, -0.2) is 0 Å². The highest BCUT2D eigenvalue weighted by molar-refractivity contribution is 9.38. The molecule has 0 saturated heterocycles. The van der Waals surface area contributed by atoms with E-state index in [9.17, 15) is 0 Å². The standard InChI is InChI=1S/C14H10Br3NS/c15-14(16,17)10-7-5-9(6-8-10)11-3-1-2-4-12(11)13(18)19/h1-8H,(H2,18,19). The molecule has 0 bridgehead atoms. The summed E-state index contributed by atoms with van der Waals surface area (Å²) in [6.07, 6.45) is 0. The van der Waals surface area contributed by atoms with Gasteiger partial charge in [-0.2, -0.15) is 0 Å². The summed E-state index contributed by atoms with van der Waals surface area (Å²) in [7, 11) is 0. The van der Waals surface area contributed by atoms with E-state index in [0.717, 1.165) is 22.3 Å². The molecule has 2 aromatic carbocycles. The fraction of sp³-hybridized carbons (Fsp3) is 0.0714. The molecule has 2 rings (SSSR count). The van der Waals surface area contributed by atoms with Crippen LogP contribution in [0.3, 0.4) is 0 Å². The molecule has 0 unspecified atom stereocenters. The van der Waals surface area contributed by atoms with Crippen LogP contribution in [0.15, 0.2) is 48.5 Å². The lowest BCUT2D eigenvalue weighted by atomic mass is 9.99. The number of halogens is 3. The van der Waals surface area contributed by atoms with Crippen LogP contribution in [0.5, 0.6) is 0 Å². The average molecular weight is 464 g/mol. The summed E-state index contributed by atoms with van der Waals surface area (Å²) in [6, 6.07) is 16.0. The molecular weight excluding hydrogens is 454 g/mol. The quantitative estimate of drug-likeness (QED) is 0.484. The maximum atomic E-state index is 5.76. The van der Waals surface area contributed by atoms with Gasteiger partial charge in [0.15, 0.2) is 2.14 Å². The van der Waals surface area contributed by atoms with Crippen molar-refractivity contribution in [3.8, 4) is 11.1 Å². The zero-order valence-electron chi connectivity index (χ0n) is 9.74. The fourth-order valence-corrected chi connectivity index (χ4v) is 2.76. The predicted octanol–water partition coefficient (Wildman–Crippen LogP) is 5.28. The number of benzene rings is 2. The van der Waals surface area contributed by atoms with Gasteiger partial charge in [-0.05, 0) is 16.7 Å². The monoisotopic (exact) mass is 461 g/mol. The largest absolute Gasteiger partial charge is 0.389 e. The van der Waals surface area contributed by atoms with Crippen molar-refractivity contribution in [2.75, 3.05) is 0 Å². The minimum Gasteiger partial charge on any atom is -0.389 e. The molecule has 0 aliphatic rings. The Labute approximate surface area is 143 Å². The summed E-state index contributed by atoms with van der Waals surface area (Å²) in [5.41, 5.74) is 9.86.